The second kappa shape index (κ2) is 7.07. The standard InChI is InChI=1S/C10H17NO7S/c1-7(19(4,15)16)10(14)11(5-8(12)17-2)6-9(13)18-3/h7H,5-6H2,1-4H3. The molecule has 0 saturated heterocycles. The fourth-order valence-electron chi connectivity index (χ4n) is 1.09. The second-order valence-electron chi connectivity index (χ2n) is 3.82. The van der Waals surface area contributed by atoms with Crippen LogP contribution in [0.15, 0.2) is 0 Å². The van der Waals surface area contributed by atoms with Gasteiger partial charge in [-0.25, -0.2) is 8.42 Å². The van der Waals surface area contributed by atoms with Gasteiger partial charge in [0.05, 0.1) is 14.2 Å². The Labute approximate surface area is 111 Å². The average Bonchev–Trinajstić information content (AvgIpc) is 2.34. The predicted octanol–water partition coefficient (Wildman–Crippen LogP) is -1.41. The van der Waals surface area contributed by atoms with Crippen molar-refractivity contribution in [1.82, 2.24) is 4.90 Å². The smallest absolute Gasteiger partial charge is 0.325 e. The van der Waals surface area contributed by atoms with Crippen LogP contribution in [0.25, 0.3) is 0 Å². The van der Waals surface area contributed by atoms with Crippen LogP contribution in [0.3, 0.4) is 0 Å². The highest BCUT2D eigenvalue weighted by molar-refractivity contribution is 7.92. The summed E-state index contributed by atoms with van der Waals surface area (Å²) in [6, 6.07) is 0. The number of ether oxygens (including phenoxy) is 2. The van der Waals surface area contributed by atoms with Crippen molar-refractivity contribution in [2.24, 2.45) is 0 Å². The lowest BCUT2D eigenvalue weighted by atomic mass is 10.3. The van der Waals surface area contributed by atoms with Crippen LogP contribution < -0.4 is 0 Å². The van der Waals surface area contributed by atoms with Crippen molar-refractivity contribution in [1.29, 1.82) is 0 Å². The normalized spacial score (nSPS) is 12.4. The first-order chi connectivity index (χ1) is 8.63. The molecule has 0 N–H and O–H groups in total. The highest BCUT2D eigenvalue weighted by Gasteiger charge is 2.31. The van der Waals surface area contributed by atoms with E-state index >= 15 is 0 Å². The van der Waals surface area contributed by atoms with Crippen molar-refractivity contribution in [3.05, 3.63) is 0 Å². The van der Waals surface area contributed by atoms with Gasteiger partial charge < -0.3 is 14.4 Å². The summed E-state index contributed by atoms with van der Waals surface area (Å²) in [5.41, 5.74) is 0. The van der Waals surface area contributed by atoms with Gasteiger partial charge >= 0.3 is 11.9 Å². The van der Waals surface area contributed by atoms with Crippen LogP contribution >= 0.6 is 0 Å². The minimum atomic E-state index is -3.63. The first kappa shape index (κ1) is 17.4. The molecular formula is C10H17NO7S. The van der Waals surface area contributed by atoms with Crippen molar-refractivity contribution in [3.63, 3.8) is 0 Å². The third-order valence-corrected chi connectivity index (χ3v) is 3.88. The highest BCUT2D eigenvalue weighted by Crippen LogP contribution is 2.05. The van der Waals surface area contributed by atoms with Crippen LogP contribution in [-0.4, -0.2) is 70.0 Å². The van der Waals surface area contributed by atoms with E-state index in [1.165, 1.54) is 6.92 Å². The zero-order valence-corrected chi connectivity index (χ0v) is 12.0. The zero-order chi connectivity index (χ0) is 15.2. The quantitative estimate of drug-likeness (QED) is 0.554. The Morgan fingerprint density at radius 2 is 1.42 bits per heavy atom. The van der Waals surface area contributed by atoms with Crippen LogP contribution in [0.2, 0.25) is 0 Å². The molecule has 0 aromatic heterocycles. The molecule has 0 fully saturated rings. The largest absolute Gasteiger partial charge is 0.468 e. The van der Waals surface area contributed by atoms with Crippen LogP contribution in [0, 0.1) is 0 Å². The Hall–Kier alpha value is -1.64. The summed E-state index contributed by atoms with van der Waals surface area (Å²) in [5, 5.41) is -1.36. The number of hydrogen-bond donors (Lipinski definition) is 0. The first-order valence-electron chi connectivity index (χ1n) is 5.24. The van der Waals surface area contributed by atoms with Crippen molar-refractivity contribution in [2.75, 3.05) is 33.6 Å². The third-order valence-electron chi connectivity index (χ3n) is 2.40. The fraction of sp³-hybridized carbons (Fsp3) is 0.700. The van der Waals surface area contributed by atoms with Crippen molar-refractivity contribution in [3.8, 4) is 0 Å². The summed E-state index contributed by atoms with van der Waals surface area (Å²) >= 11 is 0. The number of rotatable bonds is 6. The number of sulfone groups is 1. The molecule has 110 valence electrons. The van der Waals surface area contributed by atoms with Crippen molar-refractivity contribution < 1.29 is 32.3 Å². The van der Waals surface area contributed by atoms with Gasteiger partial charge in [-0.2, -0.15) is 0 Å². The summed E-state index contributed by atoms with van der Waals surface area (Å²) < 4.78 is 31.4. The molecule has 0 saturated carbocycles. The van der Waals surface area contributed by atoms with E-state index in [4.69, 9.17) is 0 Å². The zero-order valence-electron chi connectivity index (χ0n) is 11.2. The molecule has 0 rings (SSSR count). The van der Waals surface area contributed by atoms with Gasteiger partial charge in [0.25, 0.3) is 0 Å². The van der Waals surface area contributed by atoms with Crippen LogP contribution in [0.1, 0.15) is 6.92 Å². The molecule has 1 atom stereocenters. The van der Waals surface area contributed by atoms with E-state index in [9.17, 15) is 22.8 Å². The summed E-state index contributed by atoms with van der Waals surface area (Å²) in [7, 11) is -1.40. The molecule has 8 nitrogen and oxygen atoms in total. The van der Waals surface area contributed by atoms with Gasteiger partial charge in [0.1, 0.15) is 18.3 Å². The van der Waals surface area contributed by atoms with Gasteiger partial charge in [0, 0.05) is 6.26 Å². The third kappa shape index (κ3) is 5.69. The summed E-state index contributed by atoms with van der Waals surface area (Å²) in [5.74, 6) is -2.39. The van der Waals surface area contributed by atoms with E-state index in [1.54, 1.807) is 0 Å². The van der Waals surface area contributed by atoms with Gasteiger partial charge in [-0.3, -0.25) is 14.4 Å². The van der Waals surface area contributed by atoms with Gasteiger partial charge in [0.15, 0.2) is 9.84 Å². The first-order valence-corrected chi connectivity index (χ1v) is 7.20. The lowest BCUT2D eigenvalue weighted by Gasteiger charge is -2.22. The number of hydrogen-bond acceptors (Lipinski definition) is 7. The Kier molecular flexibility index (Phi) is 6.46. The lowest BCUT2D eigenvalue weighted by molar-refractivity contribution is -0.151. The summed E-state index contributed by atoms with van der Waals surface area (Å²) in [6.45, 7) is 0.133. The molecule has 0 radical (unpaired) electrons. The maximum Gasteiger partial charge on any atom is 0.325 e. The number of nitrogens with zero attached hydrogens (tertiary/aromatic N) is 1. The summed E-state index contributed by atoms with van der Waals surface area (Å²) in [4.78, 5) is 35.0. The highest BCUT2D eigenvalue weighted by atomic mass is 32.2. The van der Waals surface area contributed by atoms with E-state index in [0.717, 1.165) is 25.4 Å². The van der Waals surface area contributed by atoms with Crippen molar-refractivity contribution >= 4 is 27.7 Å². The fourth-order valence-corrected chi connectivity index (χ4v) is 1.61. The van der Waals surface area contributed by atoms with Crippen molar-refractivity contribution in [2.45, 2.75) is 12.2 Å². The summed E-state index contributed by atoms with van der Waals surface area (Å²) in [6.07, 6.45) is 0.893. The predicted molar refractivity (Wildman–Crippen MR) is 64.9 cm³/mol. The number of methoxy groups -OCH3 is 2. The van der Waals surface area contributed by atoms with Gasteiger partial charge in [-0.05, 0) is 6.92 Å². The molecule has 1 unspecified atom stereocenters. The van der Waals surface area contributed by atoms with E-state index in [2.05, 4.69) is 9.47 Å². The molecule has 0 aromatic rings. The van der Waals surface area contributed by atoms with E-state index in [-0.39, 0.29) is 0 Å². The minimum absolute atomic E-state index is 0.524. The number of amides is 1. The maximum atomic E-state index is 11.9. The Morgan fingerprint density at radius 3 is 1.68 bits per heavy atom. The molecule has 0 aromatic carbocycles. The molecule has 0 spiro atoms. The van der Waals surface area contributed by atoms with Crippen LogP contribution in [0.5, 0.6) is 0 Å². The molecule has 0 aliphatic rings. The van der Waals surface area contributed by atoms with E-state index in [1.807, 2.05) is 0 Å². The molecule has 0 heterocycles. The topological polar surface area (TPSA) is 107 Å². The number of esters is 2. The molecule has 19 heavy (non-hydrogen) atoms. The van der Waals surface area contributed by atoms with Gasteiger partial charge in [-0.15, -0.1) is 0 Å². The van der Waals surface area contributed by atoms with Crippen LogP contribution in [-0.2, 0) is 33.7 Å². The number of carbonyl (C=O) groups is 3. The molecule has 0 aliphatic heterocycles. The lowest BCUT2D eigenvalue weighted by Crippen LogP contribution is -2.46. The molecule has 0 bridgehead atoms. The number of carbonyl (C=O) groups excluding carboxylic acids is 3. The Bertz CT molecular complexity index is 438. The Morgan fingerprint density at radius 1 is 1.05 bits per heavy atom. The average molecular weight is 295 g/mol. The molecule has 0 aliphatic carbocycles. The van der Waals surface area contributed by atoms with Gasteiger partial charge in [0.2, 0.25) is 5.91 Å². The molecule has 1 amide bonds. The second-order valence-corrected chi connectivity index (χ2v) is 6.18. The monoisotopic (exact) mass is 295 g/mol. The maximum absolute atomic E-state index is 11.9. The van der Waals surface area contributed by atoms with Crippen LogP contribution in [0.4, 0.5) is 0 Å². The SMILES string of the molecule is COC(=O)CN(CC(=O)OC)C(=O)C(C)S(C)(=O)=O. The molecule has 9 heteroatoms. The van der Waals surface area contributed by atoms with E-state index < -0.39 is 46.0 Å². The van der Waals surface area contributed by atoms with Gasteiger partial charge in [-0.1, -0.05) is 0 Å². The Balaban J connectivity index is 5.07. The minimum Gasteiger partial charge on any atom is -0.468 e. The molecular weight excluding hydrogens is 278 g/mol. The van der Waals surface area contributed by atoms with E-state index in [0.29, 0.717) is 0 Å².